The van der Waals surface area contributed by atoms with Gasteiger partial charge in [-0.05, 0) is 48.7 Å². The van der Waals surface area contributed by atoms with Crippen molar-refractivity contribution in [1.82, 2.24) is 19.9 Å². The first-order chi connectivity index (χ1) is 14.4. The molecule has 30 heavy (non-hydrogen) atoms. The minimum atomic E-state index is -3.65. The molecule has 1 aromatic heterocycles. The zero-order valence-corrected chi connectivity index (χ0v) is 17.9. The number of amides is 2. The Hall–Kier alpha value is -2.49. The van der Waals surface area contributed by atoms with E-state index in [-0.39, 0.29) is 34.4 Å². The van der Waals surface area contributed by atoms with Gasteiger partial charge >= 0.3 is 0 Å². The van der Waals surface area contributed by atoms with E-state index in [1.165, 1.54) is 22.5 Å². The van der Waals surface area contributed by atoms with Crippen LogP contribution < -0.4 is 10.6 Å². The normalized spacial score (nSPS) is 14.4. The SMILES string of the molecule is O=C(CCNC(=O)c1cc(S(=O)(=O)N2CCCC2)ccc1Cl)NCc1ccncc1. The van der Waals surface area contributed by atoms with E-state index in [1.807, 2.05) is 0 Å². The van der Waals surface area contributed by atoms with Crippen LogP contribution in [0, 0.1) is 0 Å². The molecule has 0 radical (unpaired) electrons. The number of aromatic nitrogens is 1. The third-order valence-corrected chi connectivity index (χ3v) is 6.99. The number of benzene rings is 1. The number of rotatable bonds is 8. The summed E-state index contributed by atoms with van der Waals surface area (Å²) in [5.74, 6) is -0.746. The number of carbonyl (C=O) groups is 2. The van der Waals surface area contributed by atoms with Gasteiger partial charge in [0.2, 0.25) is 15.9 Å². The van der Waals surface area contributed by atoms with Crippen molar-refractivity contribution in [2.24, 2.45) is 0 Å². The standard InChI is InChI=1S/C20H23ClN4O4S/c21-18-4-3-16(30(28,29)25-11-1-2-12-25)13-17(18)20(27)23-10-7-19(26)24-14-15-5-8-22-9-6-15/h3-6,8-9,13H,1-2,7,10-12,14H2,(H,23,27)(H,24,26). The number of nitrogens with one attached hydrogen (secondary N) is 2. The lowest BCUT2D eigenvalue weighted by atomic mass is 10.2. The summed E-state index contributed by atoms with van der Waals surface area (Å²) >= 11 is 6.11. The molecule has 1 saturated heterocycles. The fraction of sp³-hybridized carbons (Fsp3) is 0.350. The monoisotopic (exact) mass is 450 g/mol. The quantitative estimate of drug-likeness (QED) is 0.639. The summed E-state index contributed by atoms with van der Waals surface area (Å²) in [4.78, 5) is 28.4. The predicted molar refractivity (Wildman–Crippen MR) is 112 cm³/mol. The highest BCUT2D eigenvalue weighted by Crippen LogP contribution is 2.25. The van der Waals surface area contributed by atoms with Gasteiger partial charge in [-0.3, -0.25) is 14.6 Å². The van der Waals surface area contributed by atoms with Crippen molar-refractivity contribution in [2.75, 3.05) is 19.6 Å². The van der Waals surface area contributed by atoms with Crippen LogP contribution in [0.25, 0.3) is 0 Å². The van der Waals surface area contributed by atoms with Gasteiger partial charge < -0.3 is 10.6 Å². The molecule has 1 aliphatic rings. The molecular weight excluding hydrogens is 428 g/mol. The Morgan fingerprint density at radius 3 is 2.47 bits per heavy atom. The minimum absolute atomic E-state index is 0.0362. The second-order valence-electron chi connectivity index (χ2n) is 6.89. The van der Waals surface area contributed by atoms with E-state index in [0.717, 1.165) is 18.4 Å². The van der Waals surface area contributed by atoms with Crippen LogP contribution in [0.15, 0.2) is 47.6 Å². The van der Waals surface area contributed by atoms with Crippen molar-refractivity contribution in [3.05, 3.63) is 58.9 Å². The maximum absolute atomic E-state index is 12.7. The number of hydrogen-bond donors (Lipinski definition) is 2. The van der Waals surface area contributed by atoms with Gasteiger partial charge in [0.1, 0.15) is 0 Å². The molecule has 1 aliphatic heterocycles. The van der Waals surface area contributed by atoms with Gasteiger partial charge in [0, 0.05) is 45.0 Å². The van der Waals surface area contributed by atoms with E-state index in [9.17, 15) is 18.0 Å². The maximum Gasteiger partial charge on any atom is 0.252 e. The minimum Gasteiger partial charge on any atom is -0.352 e. The Morgan fingerprint density at radius 1 is 1.07 bits per heavy atom. The molecule has 1 fully saturated rings. The Balaban J connectivity index is 1.55. The number of hydrogen-bond acceptors (Lipinski definition) is 5. The first-order valence-corrected chi connectivity index (χ1v) is 11.4. The zero-order chi connectivity index (χ0) is 21.6. The Labute approximate surface area is 180 Å². The average molecular weight is 451 g/mol. The van der Waals surface area contributed by atoms with Crippen molar-refractivity contribution in [2.45, 2.75) is 30.7 Å². The van der Waals surface area contributed by atoms with Crippen LogP contribution in [0.3, 0.4) is 0 Å². The van der Waals surface area contributed by atoms with Gasteiger partial charge in [-0.2, -0.15) is 4.31 Å². The summed E-state index contributed by atoms with van der Waals surface area (Å²) in [5, 5.41) is 5.52. The van der Waals surface area contributed by atoms with Crippen LogP contribution in [0.1, 0.15) is 35.2 Å². The van der Waals surface area contributed by atoms with Gasteiger partial charge in [-0.25, -0.2) is 8.42 Å². The summed E-state index contributed by atoms with van der Waals surface area (Å²) in [6, 6.07) is 7.69. The number of pyridine rings is 1. The van der Waals surface area contributed by atoms with E-state index >= 15 is 0 Å². The summed E-state index contributed by atoms with van der Waals surface area (Å²) in [5.41, 5.74) is 0.985. The van der Waals surface area contributed by atoms with Crippen molar-refractivity contribution < 1.29 is 18.0 Å². The lowest BCUT2D eigenvalue weighted by Crippen LogP contribution is -2.31. The van der Waals surface area contributed by atoms with Gasteiger partial charge in [0.25, 0.3) is 5.91 Å². The molecule has 2 N–H and O–H groups in total. The highest BCUT2D eigenvalue weighted by atomic mass is 35.5. The van der Waals surface area contributed by atoms with E-state index in [4.69, 9.17) is 11.6 Å². The van der Waals surface area contributed by atoms with Crippen LogP contribution in [-0.2, 0) is 21.4 Å². The lowest BCUT2D eigenvalue weighted by Gasteiger charge is -2.16. The molecule has 10 heteroatoms. The van der Waals surface area contributed by atoms with E-state index in [2.05, 4.69) is 15.6 Å². The molecule has 0 bridgehead atoms. The van der Waals surface area contributed by atoms with Crippen molar-refractivity contribution in [1.29, 1.82) is 0 Å². The summed E-state index contributed by atoms with van der Waals surface area (Å²) in [6.07, 6.45) is 5.01. The molecule has 8 nitrogen and oxygen atoms in total. The van der Waals surface area contributed by atoms with Crippen molar-refractivity contribution in [3.63, 3.8) is 0 Å². The van der Waals surface area contributed by atoms with Crippen LogP contribution in [0.5, 0.6) is 0 Å². The first-order valence-electron chi connectivity index (χ1n) is 9.61. The second-order valence-corrected chi connectivity index (χ2v) is 9.24. The molecule has 0 spiro atoms. The predicted octanol–water partition coefficient (Wildman–Crippen LogP) is 1.96. The number of halogens is 1. The highest BCUT2D eigenvalue weighted by molar-refractivity contribution is 7.89. The molecule has 0 unspecified atom stereocenters. The van der Waals surface area contributed by atoms with Gasteiger partial charge in [-0.1, -0.05) is 11.6 Å². The zero-order valence-electron chi connectivity index (χ0n) is 16.3. The van der Waals surface area contributed by atoms with Gasteiger partial charge in [0.05, 0.1) is 15.5 Å². The molecule has 1 aromatic carbocycles. The average Bonchev–Trinajstić information content (AvgIpc) is 3.29. The lowest BCUT2D eigenvalue weighted by molar-refractivity contribution is -0.121. The molecule has 160 valence electrons. The van der Waals surface area contributed by atoms with Crippen molar-refractivity contribution in [3.8, 4) is 0 Å². The largest absolute Gasteiger partial charge is 0.352 e. The third kappa shape index (κ3) is 5.56. The van der Waals surface area contributed by atoms with Crippen LogP contribution in [-0.4, -0.2) is 49.2 Å². The molecule has 2 amide bonds. The van der Waals surface area contributed by atoms with E-state index < -0.39 is 15.9 Å². The fourth-order valence-corrected chi connectivity index (χ4v) is 4.84. The van der Waals surface area contributed by atoms with Crippen LogP contribution >= 0.6 is 11.6 Å². The summed E-state index contributed by atoms with van der Waals surface area (Å²) in [6.45, 7) is 1.42. The Bertz CT molecular complexity index is 1010. The van der Waals surface area contributed by atoms with E-state index in [0.29, 0.717) is 19.6 Å². The number of carbonyl (C=O) groups excluding carboxylic acids is 2. The second kappa shape index (κ2) is 10.0. The summed E-state index contributed by atoms with van der Waals surface area (Å²) < 4.78 is 26.8. The molecule has 2 heterocycles. The molecule has 3 rings (SSSR count). The molecule has 2 aromatic rings. The van der Waals surface area contributed by atoms with Crippen LogP contribution in [0.2, 0.25) is 5.02 Å². The first kappa shape index (κ1) is 22.2. The highest BCUT2D eigenvalue weighted by Gasteiger charge is 2.28. The Morgan fingerprint density at radius 2 is 1.77 bits per heavy atom. The molecule has 0 saturated carbocycles. The smallest absolute Gasteiger partial charge is 0.252 e. The topological polar surface area (TPSA) is 108 Å². The third-order valence-electron chi connectivity index (χ3n) is 4.76. The maximum atomic E-state index is 12.7. The Kier molecular flexibility index (Phi) is 7.41. The molecular formula is C20H23ClN4O4S. The van der Waals surface area contributed by atoms with Gasteiger partial charge in [-0.15, -0.1) is 0 Å². The number of sulfonamides is 1. The van der Waals surface area contributed by atoms with Crippen molar-refractivity contribution >= 4 is 33.4 Å². The van der Waals surface area contributed by atoms with Gasteiger partial charge in [0.15, 0.2) is 0 Å². The summed E-state index contributed by atoms with van der Waals surface area (Å²) in [7, 11) is -3.65. The molecule has 0 atom stereocenters. The molecule has 0 aliphatic carbocycles. The number of nitrogens with zero attached hydrogens (tertiary/aromatic N) is 2. The van der Waals surface area contributed by atoms with Crippen LogP contribution in [0.4, 0.5) is 0 Å². The fourth-order valence-electron chi connectivity index (χ4n) is 3.09. The van der Waals surface area contributed by atoms with E-state index in [1.54, 1.807) is 24.5 Å².